The Bertz CT molecular complexity index is 514. The average Bonchev–Trinajstić information content (AvgIpc) is 2.27. The van der Waals surface area contributed by atoms with Gasteiger partial charge in [-0.05, 0) is 23.3 Å². The Labute approximate surface area is 95.1 Å². The van der Waals surface area contributed by atoms with Crippen LogP contribution in [-0.2, 0) is 4.79 Å². The number of Topliss-reactive ketones (excluding diaryl/α,β-unsaturated/α-hetero) is 1. The van der Waals surface area contributed by atoms with Gasteiger partial charge in [0.2, 0.25) is 0 Å². The molecule has 2 aromatic carbocycles. The summed E-state index contributed by atoms with van der Waals surface area (Å²) in [5, 5.41) is 2.30. The van der Waals surface area contributed by atoms with Crippen molar-refractivity contribution >= 4 is 16.6 Å². The topological polar surface area (TPSA) is 43.1 Å². The highest BCUT2D eigenvalue weighted by molar-refractivity contribution is 5.87. The number of hydrogen-bond acceptors (Lipinski definition) is 2. The molecule has 1 unspecified atom stereocenters. The van der Waals surface area contributed by atoms with Gasteiger partial charge >= 0.3 is 0 Å². The van der Waals surface area contributed by atoms with Crippen LogP contribution in [0.15, 0.2) is 42.5 Å². The minimum atomic E-state index is -0.205. The van der Waals surface area contributed by atoms with Gasteiger partial charge in [-0.2, -0.15) is 0 Å². The first-order valence-corrected chi connectivity index (χ1v) is 5.41. The fraction of sp³-hybridized carbons (Fsp3) is 0.214. The van der Waals surface area contributed by atoms with Gasteiger partial charge in [0.25, 0.3) is 0 Å². The van der Waals surface area contributed by atoms with Crippen LogP contribution < -0.4 is 5.73 Å². The second-order valence-electron chi connectivity index (χ2n) is 4.08. The summed E-state index contributed by atoms with van der Waals surface area (Å²) in [4.78, 5) is 11.1. The number of carbonyl (C=O) groups is 1. The Kier molecular flexibility index (Phi) is 3.02. The first kappa shape index (κ1) is 10.8. The summed E-state index contributed by atoms with van der Waals surface area (Å²) in [6.45, 7) is 1.57. The molecule has 2 rings (SSSR count). The number of nitrogens with two attached hydrogens (primary N) is 1. The summed E-state index contributed by atoms with van der Waals surface area (Å²) in [7, 11) is 0. The van der Waals surface area contributed by atoms with E-state index >= 15 is 0 Å². The van der Waals surface area contributed by atoms with E-state index in [2.05, 4.69) is 12.1 Å². The standard InChI is InChI=1S/C14H15NO/c1-10(16)9-14(15)13-8-4-6-11-5-2-3-7-12(11)13/h2-8,14H,9,15H2,1H3. The van der Waals surface area contributed by atoms with Crippen LogP contribution in [0.3, 0.4) is 0 Å². The van der Waals surface area contributed by atoms with Crippen LogP contribution in [0.25, 0.3) is 10.8 Å². The summed E-state index contributed by atoms with van der Waals surface area (Å²) in [5.74, 6) is 0.125. The summed E-state index contributed by atoms with van der Waals surface area (Å²) in [6.07, 6.45) is 0.397. The number of carbonyl (C=O) groups excluding carboxylic acids is 1. The molecule has 2 nitrogen and oxygen atoms in total. The van der Waals surface area contributed by atoms with E-state index in [-0.39, 0.29) is 11.8 Å². The van der Waals surface area contributed by atoms with E-state index in [1.54, 1.807) is 6.92 Å². The van der Waals surface area contributed by atoms with Crippen LogP contribution in [-0.4, -0.2) is 5.78 Å². The molecule has 0 aliphatic heterocycles. The minimum absolute atomic E-state index is 0.125. The Hall–Kier alpha value is -1.67. The van der Waals surface area contributed by atoms with E-state index in [1.165, 1.54) is 5.39 Å². The number of benzene rings is 2. The van der Waals surface area contributed by atoms with Crippen LogP contribution in [0.5, 0.6) is 0 Å². The lowest BCUT2D eigenvalue weighted by molar-refractivity contribution is -0.117. The maximum absolute atomic E-state index is 11.1. The van der Waals surface area contributed by atoms with Crippen LogP contribution in [0.1, 0.15) is 24.9 Å². The zero-order valence-electron chi connectivity index (χ0n) is 9.31. The monoisotopic (exact) mass is 213 g/mol. The van der Waals surface area contributed by atoms with Crippen molar-refractivity contribution in [2.24, 2.45) is 5.73 Å². The summed E-state index contributed by atoms with van der Waals surface area (Å²) in [5.41, 5.74) is 7.09. The number of ketones is 1. The summed E-state index contributed by atoms with van der Waals surface area (Å²) >= 11 is 0. The third-order valence-corrected chi connectivity index (χ3v) is 2.73. The highest BCUT2D eigenvalue weighted by Crippen LogP contribution is 2.24. The summed E-state index contributed by atoms with van der Waals surface area (Å²) in [6, 6.07) is 13.9. The molecule has 0 amide bonds. The average molecular weight is 213 g/mol. The van der Waals surface area contributed by atoms with Crippen molar-refractivity contribution in [1.82, 2.24) is 0 Å². The molecule has 0 aromatic heterocycles. The predicted octanol–water partition coefficient (Wildman–Crippen LogP) is 2.82. The maximum atomic E-state index is 11.1. The van der Waals surface area contributed by atoms with Crippen LogP contribution in [0.2, 0.25) is 0 Å². The lowest BCUT2D eigenvalue weighted by Gasteiger charge is -2.13. The molecule has 82 valence electrons. The van der Waals surface area contributed by atoms with Gasteiger partial charge in [-0.25, -0.2) is 0 Å². The quantitative estimate of drug-likeness (QED) is 0.852. The van der Waals surface area contributed by atoms with Crippen molar-refractivity contribution in [2.45, 2.75) is 19.4 Å². The fourth-order valence-corrected chi connectivity index (χ4v) is 1.99. The van der Waals surface area contributed by atoms with Crippen LogP contribution >= 0.6 is 0 Å². The normalized spacial score (nSPS) is 12.6. The van der Waals surface area contributed by atoms with E-state index < -0.39 is 0 Å². The van der Waals surface area contributed by atoms with E-state index in [4.69, 9.17) is 5.73 Å². The fourth-order valence-electron chi connectivity index (χ4n) is 1.99. The number of hydrogen-bond donors (Lipinski definition) is 1. The van der Waals surface area contributed by atoms with Crippen molar-refractivity contribution < 1.29 is 4.79 Å². The van der Waals surface area contributed by atoms with Gasteiger partial charge in [0, 0.05) is 12.5 Å². The van der Waals surface area contributed by atoms with Gasteiger partial charge in [-0.15, -0.1) is 0 Å². The Balaban J connectivity index is 2.47. The molecule has 0 aliphatic carbocycles. The molecule has 0 saturated heterocycles. The zero-order valence-corrected chi connectivity index (χ0v) is 9.31. The third kappa shape index (κ3) is 2.12. The molecule has 2 N–H and O–H groups in total. The molecular formula is C14H15NO. The second-order valence-corrected chi connectivity index (χ2v) is 4.08. The molecule has 0 heterocycles. The molecular weight excluding hydrogens is 198 g/mol. The van der Waals surface area contributed by atoms with E-state index in [1.807, 2.05) is 30.3 Å². The highest BCUT2D eigenvalue weighted by atomic mass is 16.1. The smallest absolute Gasteiger partial charge is 0.131 e. The molecule has 0 aliphatic rings. The van der Waals surface area contributed by atoms with Crippen molar-refractivity contribution in [3.63, 3.8) is 0 Å². The predicted molar refractivity (Wildman–Crippen MR) is 66.2 cm³/mol. The van der Waals surface area contributed by atoms with E-state index in [0.29, 0.717) is 6.42 Å². The highest BCUT2D eigenvalue weighted by Gasteiger charge is 2.11. The SMILES string of the molecule is CC(=O)CC(N)c1cccc2ccccc12. The van der Waals surface area contributed by atoms with Gasteiger partial charge in [-0.3, -0.25) is 4.79 Å². The van der Waals surface area contributed by atoms with E-state index in [9.17, 15) is 4.79 Å². The Morgan fingerprint density at radius 3 is 2.62 bits per heavy atom. The van der Waals surface area contributed by atoms with Crippen molar-refractivity contribution in [3.05, 3.63) is 48.0 Å². The van der Waals surface area contributed by atoms with Gasteiger partial charge in [-0.1, -0.05) is 42.5 Å². The molecule has 0 saturated carbocycles. The van der Waals surface area contributed by atoms with E-state index in [0.717, 1.165) is 10.9 Å². The molecule has 0 bridgehead atoms. The van der Waals surface area contributed by atoms with Crippen molar-refractivity contribution in [1.29, 1.82) is 0 Å². The molecule has 2 heteroatoms. The Morgan fingerprint density at radius 2 is 1.88 bits per heavy atom. The Morgan fingerprint density at radius 1 is 1.19 bits per heavy atom. The van der Waals surface area contributed by atoms with Crippen molar-refractivity contribution in [2.75, 3.05) is 0 Å². The second kappa shape index (κ2) is 4.45. The lowest BCUT2D eigenvalue weighted by Crippen LogP contribution is -2.14. The first-order chi connectivity index (χ1) is 7.68. The third-order valence-electron chi connectivity index (χ3n) is 2.73. The largest absolute Gasteiger partial charge is 0.324 e. The zero-order chi connectivity index (χ0) is 11.5. The molecule has 0 radical (unpaired) electrons. The lowest BCUT2D eigenvalue weighted by atomic mass is 9.96. The van der Waals surface area contributed by atoms with Gasteiger partial charge in [0.05, 0.1) is 0 Å². The first-order valence-electron chi connectivity index (χ1n) is 5.41. The van der Waals surface area contributed by atoms with Gasteiger partial charge in [0.15, 0.2) is 0 Å². The molecule has 16 heavy (non-hydrogen) atoms. The number of fused-ring (bicyclic) bond motifs is 1. The van der Waals surface area contributed by atoms with Crippen molar-refractivity contribution in [3.8, 4) is 0 Å². The van der Waals surface area contributed by atoms with Crippen LogP contribution in [0.4, 0.5) is 0 Å². The number of rotatable bonds is 3. The molecule has 0 spiro atoms. The maximum Gasteiger partial charge on any atom is 0.131 e. The van der Waals surface area contributed by atoms with Gasteiger partial charge < -0.3 is 5.73 Å². The summed E-state index contributed by atoms with van der Waals surface area (Å²) < 4.78 is 0. The molecule has 0 fully saturated rings. The van der Waals surface area contributed by atoms with Crippen LogP contribution in [0, 0.1) is 0 Å². The molecule has 2 aromatic rings. The van der Waals surface area contributed by atoms with Gasteiger partial charge in [0.1, 0.15) is 5.78 Å². The molecule has 1 atom stereocenters. The minimum Gasteiger partial charge on any atom is -0.324 e.